The van der Waals surface area contributed by atoms with Gasteiger partial charge in [-0.25, -0.2) is 0 Å². The van der Waals surface area contributed by atoms with Gasteiger partial charge in [-0.05, 0) is 42.2 Å². The Labute approximate surface area is 246 Å². The Morgan fingerprint density at radius 3 is 2.60 bits per heavy atom. The van der Waals surface area contributed by atoms with Gasteiger partial charge in [0, 0.05) is 42.4 Å². The van der Waals surface area contributed by atoms with Gasteiger partial charge in [0.2, 0.25) is 5.91 Å². The lowest BCUT2D eigenvalue weighted by Gasteiger charge is -2.35. The van der Waals surface area contributed by atoms with Gasteiger partial charge in [-0.2, -0.15) is 5.26 Å². The number of amidine groups is 1. The molecule has 2 N–H and O–H groups in total. The quantitative estimate of drug-likeness (QED) is 0.404. The second kappa shape index (κ2) is 12.7. The lowest BCUT2D eigenvalue weighted by molar-refractivity contribution is -0.119. The monoisotopic (exact) mass is 611 g/mol. The first-order valence-corrected chi connectivity index (χ1v) is 13.4. The number of hydrogen-bond donors (Lipinski definition) is 2. The molecule has 10 heteroatoms. The van der Waals surface area contributed by atoms with E-state index in [0.717, 1.165) is 28.1 Å². The van der Waals surface area contributed by atoms with E-state index >= 15 is 0 Å². The average molecular weight is 613 g/mol. The van der Waals surface area contributed by atoms with Crippen molar-refractivity contribution in [1.82, 2.24) is 10.2 Å². The van der Waals surface area contributed by atoms with Crippen molar-refractivity contribution in [2.45, 2.75) is 52.5 Å². The molecule has 214 valence electrons. The van der Waals surface area contributed by atoms with E-state index in [1.54, 1.807) is 11.9 Å². The van der Waals surface area contributed by atoms with Crippen molar-refractivity contribution in [2.24, 2.45) is 0 Å². The third kappa shape index (κ3) is 6.41. The first-order valence-electron chi connectivity index (χ1n) is 13.4. The highest BCUT2D eigenvalue weighted by atomic mass is 79.9. The Kier molecular flexibility index (Phi) is 9.85. The topological polar surface area (TPSA) is 119 Å². The van der Waals surface area contributed by atoms with Crippen LogP contribution in [0.2, 0.25) is 0 Å². The van der Waals surface area contributed by atoms with E-state index in [1.165, 1.54) is 0 Å². The number of likely N-dealkylation sites (N-methyl/N-ethyl adjacent to an activating group) is 1. The van der Waals surface area contributed by atoms with E-state index < -0.39 is 0 Å². The summed E-state index contributed by atoms with van der Waals surface area (Å²) in [7, 11) is 1.59. The predicted molar refractivity (Wildman–Crippen MR) is 160 cm³/mol. The number of anilines is 1. The number of carbonyl (C=O) groups is 2. The number of benzene rings is 2. The molecule has 0 saturated heterocycles. The molecule has 2 heterocycles. The van der Waals surface area contributed by atoms with Crippen LogP contribution >= 0.6 is 17.0 Å². The SMILES string of the molecule is Br.CCOc1cc2c(cc1CC(=O)NC)C(=N)N(CC(=O)c1cc3c(c(C(C)(C)C)c1)OCCN3CCC#N)C2. The number of nitrogens with one attached hydrogen (secondary N) is 2. The molecule has 40 heavy (non-hydrogen) atoms. The van der Waals surface area contributed by atoms with E-state index in [4.69, 9.17) is 20.1 Å². The van der Waals surface area contributed by atoms with Crippen molar-refractivity contribution in [3.63, 3.8) is 0 Å². The number of nitriles is 1. The third-order valence-corrected chi connectivity index (χ3v) is 7.12. The number of hydrogen-bond acceptors (Lipinski definition) is 7. The molecule has 0 aromatic heterocycles. The minimum atomic E-state index is -0.258. The van der Waals surface area contributed by atoms with Crippen molar-refractivity contribution in [1.29, 1.82) is 10.7 Å². The van der Waals surface area contributed by atoms with E-state index in [-0.39, 0.29) is 52.9 Å². The smallest absolute Gasteiger partial charge is 0.224 e. The van der Waals surface area contributed by atoms with Crippen molar-refractivity contribution < 1.29 is 19.1 Å². The minimum absolute atomic E-state index is 0. The van der Waals surface area contributed by atoms with E-state index in [1.807, 2.05) is 31.2 Å². The van der Waals surface area contributed by atoms with Crippen LogP contribution in [0.1, 0.15) is 66.7 Å². The molecular formula is C30H38BrN5O4. The number of fused-ring (bicyclic) bond motifs is 2. The van der Waals surface area contributed by atoms with Crippen LogP contribution in [0.3, 0.4) is 0 Å². The van der Waals surface area contributed by atoms with Gasteiger partial charge < -0.3 is 24.6 Å². The van der Waals surface area contributed by atoms with Gasteiger partial charge in [0.1, 0.15) is 23.9 Å². The van der Waals surface area contributed by atoms with Gasteiger partial charge in [0.05, 0.1) is 44.3 Å². The summed E-state index contributed by atoms with van der Waals surface area (Å²) in [5.41, 5.74) is 4.42. The average Bonchev–Trinajstić information content (AvgIpc) is 3.20. The zero-order valence-corrected chi connectivity index (χ0v) is 25.6. The van der Waals surface area contributed by atoms with Crippen LogP contribution in [0, 0.1) is 16.7 Å². The lowest BCUT2D eigenvalue weighted by atomic mass is 9.84. The summed E-state index contributed by atoms with van der Waals surface area (Å²) >= 11 is 0. The summed E-state index contributed by atoms with van der Waals surface area (Å²) in [6.45, 7) is 10.8. The normalized spacial score (nSPS) is 13.9. The lowest BCUT2D eigenvalue weighted by Crippen LogP contribution is -2.35. The molecule has 0 unspecified atom stereocenters. The number of Topliss-reactive ketones (excluding diaryl/α,β-unsaturated/α-hetero) is 1. The zero-order valence-electron chi connectivity index (χ0n) is 23.8. The molecule has 9 nitrogen and oxygen atoms in total. The Hall–Kier alpha value is -3.58. The molecule has 0 atom stereocenters. The molecule has 0 saturated carbocycles. The number of halogens is 1. The van der Waals surface area contributed by atoms with Gasteiger partial charge in [0.25, 0.3) is 0 Å². The van der Waals surface area contributed by atoms with Gasteiger partial charge in [-0.3, -0.25) is 15.0 Å². The van der Waals surface area contributed by atoms with Crippen LogP contribution in [0.4, 0.5) is 5.69 Å². The molecule has 4 rings (SSSR count). The molecule has 0 aliphatic carbocycles. The summed E-state index contributed by atoms with van der Waals surface area (Å²) in [5, 5.41) is 20.6. The fourth-order valence-electron chi connectivity index (χ4n) is 5.08. The highest BCUT2D eigenvalue weighted by Crippen LogP contribution is 2.42. The van der Waals surface area contributed by atoms with Gasteiger partial charge in [0.15, 0.2) is 5.78 Å². The first-order chi connectivity index (χ1) is 18.6. The number of amides is 1. The van der Waals surface area contributed by atoms with Crippen molar-refractivity contribution >= 4 is 40.2 Å². The highest BCUT2D eigenvalue weighted by Gasteiger charge is 2.31. The van der Waals surface area contributed by atoms with Crippen LogP contribution in [-0.2, 0) is 23.2 Å². The predicted octanol–water partition coefficient (Wildman–Crippen LogP) is 4.39. The molecule has 0 radical (unpaired) electrons. The molecule has 2 aliphatic rings. The highest BCUT2D eigenvalue weighted by molar-refractivity contribution is 8.93. The van der Waals surface area contributed by atoms with Crippen LogP contribution in [-0.4, -0.2) is 62.3 Å². The molecule has 2 aromatic carbocycles. The van der Waals surface area contributed by atoms with Crippen molar-refractivity contribution in [3.05, 3.63) is 52.1 Å². The maximum atomic E-state index is 13.7. The number of ketones is 1. The van der Waals surface area contributed by atoms with Crippen LogP contribution in [0.15, 0.2) is 24.3 Å². The van der Waals surface area contributed by atoms with E-state index in [0.29, 0.717) is 56.1 Å². The molecular weight excluding hydrogens is 574 g/mol. The summed E-state index contributed by atoms with van der Waals surface area (Å²) in [6, 6.07) is 9.71. The van der Waals surface area contributed by atoms with Crippen molar-refractivity contribution in [2.75, 3.05) is 44.8 Å². The molecule has 0 spiro atoms. The number of carbonyl (C=O) groups excluding carboxylic acids is 2. The largest absolute Gasteiger partial charge is 0.494 e. The maximum absolute atomic E-state index is 13.7. The second-order valence-corrected chi connectivity index (χ2v) is 10.9. The second-order valence-electron chi connectivity index (χ2n) is 10.9. The maximum Gasteiger partial charge on any atom is 0.224 e. The van der Waals surface area contributed by atoms with E-state index in [9.17, 15) is 9.59 Å². The molecule has 2 aromatic rings. The fourth-order valence-corrected chi connectivity index (χ4v) is 5.08. The number of nitrogens with zero attached hydrogens (tertiary/aromatic N) is 3. The summed E-state index contributed by atoms with van der Waals surface area (Å²) in [4.78, 5) is 29.6. The van der Waals surface area contributed by atoms with Crippen LogP contribution in [0.5, 0.6) is 11.5 Å². The Morgan fingerprint density at radius 2 is 1.95 bits per heavy atom. The minimum Gasteiger partial charge on any atom is -0.494 e. The Morgan fingerprint density at radius 1 is 1.20 bits per heavy atom. The number of rotatable bonds is 9. The molecule has 2 aliphatic heterocycles. The van der Waals surface area contributed by atoms with Crippen LogP contribution in [0.25, 0.3) is 0 Å². The first kappa shape index (κ1) is 31.0. The van der Waals surface area contributed by atoms with Gasteiger partial charge in [-0.15, -0.1) is 17.0 Å². The third-order valence-electron chi connectivity index (χ3n) is 7.12. The zero-order chi connectivity index (χ0) is 28.3. The van der Waals surface area contributed by atoms with E-state index in [2.05, 4.69) is 37.1 Å². The number of ether oxygens (including phenoxy) is 2. The Balaban J connectivity index is 0.00000441. The fraction of sp³-hybridized carbons (Fsp3) is 0.467. The molecule has 0 fully saturated rings. The molecule has 0 bridgehead atoms. The summed E-state index contributed by atoms with van der Waals surface area (Å²) in [5.74, 6) is 1.43. The Bertz CT molecular complexity index is 1350. The van der Waals surface area contributed by atoms with Crippen molar-refractivity contribution in [3.8, 4) is 17.6 Å². The van der Waals surface area contributed by atoms with Crippen LogP contribution < -0.4 is 19.7 Å². The van der Waals surface area contributed by atoms with Gasteiger partial charge >= 0.3 is 0 Å². The standard InChI is InChI=1S/C30H37N5O4.BrH/c1-6-38-26-15-21-17-35(29(32)22(21)12-20(26)16-27(37)33-5)18-25(36)19-13-23(30(2,3)4)28-24(14-19)34(9-7-8-31)10-11-39-28;/h12-15,32H,6-7,9-11,16-18H2,1-5H3,(H,33,37);1H. The summed E-state index contributed by atoms with van der Waals surface area (Å²) in [6.07, 6.45) is 0.539. The summed E-state index contributed by atoms with van der Waals surface area (Å²) < 4.78 is 11.9. The molecule has 1 amide bonds. The van der Waals surface area contributed by atoms with Gasteiger partial charge in [-0.1, -0.05) is 20.8 Å².